The van der Waals surface area contributed by atoms with Gasteiger partial charge in [0, 0.05) is 32.7 Å². The molecule has 1 aliphatic heterocycles. The molecule has 0 aliphatic carbocycles. The van der Waals surface area contributed by atoms with Gasteiger partial charge >= 0.3 is 5.69 Å². The number of carbonyl (C=O) groups is 1. The Bertz CT molecular complexity index is 880. The highest BCUT2D eigenvalue weighted by atomic mass is 16.5. The number of aromatic nitrogens is 3. The summed E-state index contributed by atoms with van der Waals surface area (Å²) in [7, 11) is 1.61. The number of benzene rings is 1. The van der Waals surface area contributed by atoms with Gasteiger partial charge in [-0.05, 0) is 44.4 Å². The van der Waals surface area contributed by atoms with Gasteiger partial charge in [-0.2, -0.15) is 5.10 Å². The number of likely N-dealkylation sites (tertiary alicyclic amines) is 1. The van der Waals surface area contributed by atoms with Gasteiger partial charge in [-0.1, -0.05) is 12.1 Å². The molecule has 0 radical (unpaired) electrons. The van der Waals surface area contributed by atoms with E-state index in [4.69, 9.17) is 9.47 Å². The number of ether oxygens (including phenoxy) is 2. The quantitative estimate of drug-likeness (QED) is 0.625. The summed E-state index contributed by atoms with van der Waals surface area (Å²) in [5, 5.41) is 4.57. The first-order valence-corrected chi connectivity index (χ1v) is 10.7. The van der Waals surface area contributed by atoms with E-state index in [9.17, 15) is 9.59 Å². The number of carbonyl (C=O) groups excluding carboxylic acids is 1. The predicted molar refractivity (Wildman–Crippen MR) is 114 cm³/mol. The Morgan fingerprint density at radius 2 is 1.87 bits per heavy atom. The van der Waals surface area contributed by atoms with E-state index in [0.717, 1.165) is 30.0 Å². The van der Waals surface area contributed by atoms with E-state index in [2.05, 4.69) is 5.10 Å². The summed E-state index contributed by atoms with van der Waals surface area (Å²) in [4.78, 5) is 27.2. The molecule has 30 heavy (non-hydrogen) atoms. The third-order valence-electron chi connectivity index (χ3n) is 5.58. The van der Waals surface area contributed by atoms with E-state index in [1.807, 2.05) is 43.0 Å². The smallest absolute Gasteiger partial charge is 0.345 e. The maximum absolute atomic E-state index is 12.7. The average molecular weight is 417 g/mol. The van der Waals surface area contributed by atoms with E-state index in [1.54, 1.807) is 11.7 Å². The molecule has 1 fully saturated rings. The zero-order valence-electron chi connectivity index (χ0n) is 18.2. The number of hydrogen-bond acceptors (Lipinski definition) is 5. The van der Waals surface area contributed by atoms with Crippen molar-refractivity contribution in [2.75, 3.05) is 33.4 Å². The summed E-state index contributed by atoms with van der Waals surface area (Å²) < 4.78 is 13.8. The van der Waals surface area contributed by atoms with Crippen LogP contribution in [0.25, 0.3) is 0 Å². The first-order chi connectivity index (χ1) is 14.6. The molecular formula is C22H32N4O4. The Balaban J connectivity index is 1.59. The lowest BCUT2D eigenvalue weighted by Gasteiger charge is -2.31. The predicted octanol–water partition coefficient (Wildman–Crippen LogP) is 2.06. The molecule has 0 atom stereocenters. The molecule has 1 aromatic carbocycles. The zero-order chi connectivity index (χ0) is 21.5. The number of methoxy groups -OCH3 is 1. The Kier molecular flexibility index (Phi) is 7.68. The first-order valence-electron chi connectivity index (χ1n) is 10.7. The van der Waals surface area contributed by atoms with Crippen LogP contribution in [0.2, 0.25) is 0 Å². The minimum absolute atomic E-state index is 0.0847. The van der Waals surface area contributed by atoms with Crippen LogP contribution >= 0.6 is 0 Å². The van der Waals surface area contributed by atoms with E-state index < -0.39 is 0 Å². The molecule has 164 valence electrons. The molecule has 2 heterocycles. The largest absolute Gasteiger partial charge is 0.494 e. The van der Waals surface area contributed by atoms with E-state index >= 15 is 0 Å². The van der Waals surface area contributed by atoms with Crippen molar-refractivity contribution in [3.63, 3.8) is 0 Å². The standard InChI is InChI=1S/C22H32N4O4/c1-4-25-21(23-26(22(25)28)14-15-29-3)18-10-12-24(13-11-18)20(27)16-17-6-8-19(9-7-17)30-5-2/h6-9,18H,4-5,10-16H2,1-3H3. The molecule has 1 amide bonds. The molecule has 2 aromatic rings. The van der Waals surface area contributed by atoms with Crippen molar-refractivity contribution in [1.82, 2.24) is 19.2 Å². The highest BCUT2D eigenvalue weighted by molar-refractivity contribution is 5.78. The molecule has 8 nitrogen and oxygen atoms in total. The van der Waals surface area contributed by atoms with Crippen molar-refractivity contribution in [3.8, 4) is 5.75 Å². The fourth-order valence-corrected chi connectivity index (χ4v) is 3.92. The van der Waals surface area contributed by atoms with Crippen molar-refractivity contribution in [1.29, 1.82) is 0 Å². The van der Waals surface area contributed by atoms with Crippen LogP contribution in [0.15, 0.2) is 29.1 Å². The number of amides is 1. The van der Waals surface area contributed by atoms with Gasteiger partial charge < -0.3 is 14.4 Å². The van der Waals surface area contributed by atoms with Crippen molar-refractivity contribution >= 4 is 5.91 Å². The molecule has 0 bridgehead atoms. The third kappa shape index (κ3) is 5.11. The number of piperidine rings is 1. The minimum atomic E-state index is -0.0847. The Hall–Kier alpha value is -2.61. The van der Waals surface area contributed by atoms with Crippen LogP contribution in [-0.2, 0) is 29.0 Å². The maximum atomic E-state index is 12.7. The summed E-state index contributed by atoms with van der Waals surface area (Å²) in [6.45, 7) is 7.41. The number of hydrogen-bond donors (Lipinski definition) is 0. The molecule has 0 unspecified atom stereocenters. The molecule has 3 rings (SSSR count). The van der Waals surface area contributed by atoms with Crippen LogP contribution < -0.4 is 10.4 Å². The van der Waals surface area contributed by atoms with Gasteiger partial charge in [-0.15, -0.1) is 0 Å². The lowest BCUT2D eigenvalue weighted by molar-refractivity contribution is -0.131. The number of nitrogens with zero attached hydrogens (tertiary/aromatic N) is 4. The average Bonchev–Trinajstić information content (AvgIpc) is 3.09. The Morgan fingerprint density at radius 3 is 2.47 bits per heavy atom. The summed E-state index contributed by atoms with van der Waals surface area (Å²) >= 11 is 0. The summed E-state index contributed by atoms with van der Waals surface area (Å²) in [5.41, 5.74) is 0.904. The summed E-state index contributed by atoms with van der Waals surface area (Å²) in [6, 6.07) is 7.70. The molecule has 8 heteroatoms. The van der Waals surface area contributed by atoms with Crippen molar-refractivity contribution in [3.05, 3.63) is 46.1 Å². The molecule has 1 aromatic heterocycles. The highest BCUT2D eigenvalue weighted by Gasteiger charge is 2.28. The molecule has 0 spiro atoms. The van der Waals surface area contributed by atoms with E-state index in [1.165, 1.54) is 4.68 Å². The molecule has 0 N–H and O–H groups in total. The molecule has 1 saturated heterocycles. The van der Waals surface area contributed by atoms with Crippen molar-refractivity contribution < 1.29 is 14.3 Å². The molecular weight excluding hydrogens is 384 g/mol. The fraction of sp³-hybridized carbons (Fsp3) is 0.591. The highest BCUT2D eigenvalue weighted by Crippen LogP contribution is 2.26. The van der Waals surface area contributed by atoms with Gasteiger partial charge in [0.05, 0.1) is 26.2 Å². The van der Waals surface area contributed by atoms with Gasteiger partial charge in [-0.3, -0.25) is 9.36 Å². The van der Waals surface area contributed by atoms with Gasteiger partial charge in [0.25, 0.3) is 0 Å². The number of rotatable bonds is 9. The second kappa shape index (κ2) is 10.4. The topological polar surface area (TPSA) is 78.6 Å². The third-order valence-corrected chi connectivity index (χ3v) is 5.58. The molecule has 1 aliphatic rings. The lowest BCUT2D eigenvalue weighted by Crippen LogP contribution is -2.39. The molecule has 0 saturated carbocycles. The second-order valence-electron chi connectivity index (χ2n) is 7.51. The van der Waals surface area contributed by atoms with Crippen molar-refractivity contribution in [2.45, 2.75) is 52.1 Å². The van der Waals surface area contributed by atoms with Crippen LogP contribution in [0.3, 0.4) is 0 Å². The van der Waals surface area contributed by atoms with Crippen LogP contribution in [0.5, 0.6) is 5.75 Å². The normalized spacial score (nSPS) is 14.8. The van der Waals surface area contributed by atoms with Crippen LogP contribution in [0.4, 0.5) is 0 Å². The zero-order valence-corrected chi connectivity index (χ0v) is 18.2. The van der Waals surface area contributed by atoms with Gasteiger partial charge in [0.1, 0.15) is 11.6 Å². The Morgan fingerprint density at radius 1 is 1.17 bits per heavy atom. The minimum Gasteiger partial charge on any atom is -0.494 e. The van der Waals surface area contributed by atoms with Gasteiger partial charge in [0.15, 0.2) is 0 Å². The monoisotopic (exact) mass is 416 g/mol. The van der Waals surface area contributed by atoms with Crippen LogP contribution in [0.1, 0.15) is 44.0 Å². The fourth-order valence-electron chi connectivity index (χ4n) is 3.92. The summed E-state index contributed by atoms with van der Waals surface area (Å²) in [6.07, 6.45) is 2.02. The van der Waals surface area contributed by atoms with Gasteiger partial charge in [0.2, 0.25) is 5.91 Å². The van der Waals surface area contributed by atoms with E-state index in [-0.39, 0.29) is 17.5 Å². The van der Waals surface area contributed by atoms with Crippen LogP contribution in [-0.4, -0.2) is 58.6 Å². The maximum Gasteiger partial charge on any atom is 0.345 e. The first kappa shape index (κ1) is 22.1. The Labute approximate surface area is 177 Å². The van der Waals surface area contributed by atoms with Crippen LogP contribution in [0, 0.1) is 0 Å². The summed E-state index contributed by atoms with van der Waals surface area (Å²) in [5.74, 6) is 1.98. The second-order valence-corrected chi connectivity index (χ2v) is 7.51. The SMILES string of the molecule is CCOc1ccc(CC(=O)N2CCC(c3nn(CCOC)c(=O)n3CC)CC2)cc1. The van der Waals surface area contributed by atoms with Gasteiger partial charge in [-0.25, -0.2) is 9.48 Å². The van der Waals surface area contributed by atoms with Crippen molar-refractivity contribution in [2.24, 2.45) is 0 Å². The van der Waals surface area contributed by atoms with E-state index in [0.29, 0.717) is 45.8 Å². The lowest BCUT2D eigenvalue weighted by atomic mass is 9.95.